The number of carbonyl (C=O) groups excluding carboxylic acids is 1. The van der Waals surface area contributed by atoms with E-state index in [2.05, 4.69) is 20.1 Å². The van der Waals surface area contributed by atoms with E-state index in [4.69, 9.17) is 0 Å². The van der Waals surface area contributed by atoms with Crippen molar-refractivity contribution in [1.82, 2.24) is 20.1 Å². The van der Waals surface area contributed by atoms with E-state index in [0.717, 1.165) is 36.6 Å². The summed E-state index contributed by atoms with van der Waals surface area (Å²) in [6.07, 6.45) is 5.24. The van der Waals surface area contributed by atoms with Crippen LogP contribution in [0.1, 0.15) is 49.8 Å². The molecule has 6 heteroatoms. The Morgan fingerprint density at radius 2 is 2.04 bits per heavy atom. The highest BCUT2D eigenvalue weighted by Gasteiger charge is 2.26. The Bertz CT molecular complexity index is 709. The third-order valence-electron chi connectivity index (χ3n) is 4.76. The van der Waals surface area contributed by atoms with Crippen molar-refractivity contribution in [3.8, 4) is 0 Å². The molecule has 0 fully saturated rings. The van der Waals surface area contributed by atoms with Gasteiger partial charge in [0.1, 0.15) is 11.6 Å². The van der Waals surface area contributed by atoms with Crippen molar-refractivity contribution in [3.05, 3.63) is 47.5 Å². The molecule has 0 radical (unpaired) electrons. The first-order valence-electron chi connectivity index (χ1n) is 9.02. The number of nitrogens with zero attached hydrogens (tertiary/aromatic N) is 3. The molecule has 134 valence electrons. The van der Waals surface area contributed by atoms with Crippen LogP contribution >= 0.6 is 0 Å². The first-order valence-corrected chi connectivity index (χ1v) is 9.02. The Morgan fingerprint density at radius 1 is 1.24 bits per heavy atom. The quantitative estimate of drug-likeness (QED) is 0.841. The van der Waals surface area contributed by atoms with Crippen molar-refractivity contribution < 1.29 is 9.90 Å². The zero-order chi connectivity index (χ0) is 17.7. The Hall–Kier alpha value is -2.21. The molecule has 2 aromatic rings. The SMILES string of the molecule is CC(O)(CC(=O)NCCc1nnc2n1CCCCC2)c1ccccc1. The van der Waals surface area contributed by atoms with E-state index in [1.54, 1.807) is 6.92 Å². The number of amides is 1. The highest BCUT2D eigenvalue weighted by molar-refractivity contribution is 5.77. The number of aryl methyl sites for hydroxylation is 1. The van der Waals surface area contributed by atoms with E-state index in [0.29, 0.717) is 13.0 Å². The number of nitrogens with one attached hydrogen (secondary N) is 1. The molecule has 0 saturated heterocycles. The molecule has 6 nitrogen and oxygen atoms in total. The molecule has 0 spiro atoms. The molecule has 1 aliphatic heterocycles. The molecule has 2 N–H and O–H groups in total. The third-order valence-corrected chi connectivity index (χ3v) is 4.76. The van der Waals surface area contributed by atoms with Gasteiger partial charge in [-0.05, 0) is 25.3 Å². The number of carbonyl (C=O) groups is 1. The van der Waals surface area contributed by atoms with Crippen molar-refractivity contribution >= 4 is 5.91 Å². The molecule has 1 amide bonds. The number of aliphatic hydroxyl groups is 1. The van der Waals surface area contributed by atoms with Gasteiger partial charge in [0, 0.05) is 25.9 Å². The summed E-state index contributed by atoms with van der Waals surface area (Å²) in [4.78, 5) is 12.2. The third kappa shape index (κ3) is 4.45. The maximum absolute atomic E-state index is 12.2. The molecule has 25 heavy (non-hydrogen) atoms. The Morgan fingerprint density at radius 3 is 2.84 bits per heavy atom. The monoisotopic (exact) mass is 342 g/mol. The maximum Gasteiger partial charge on any atom is 0.223 e. The van der Waals surface area contributed by atoms with E-state index in [1.165, 1.54) is 12.8 Å². The molecule has 1 unspecified atom stereocenters. The minimum atomic E-state index is -1.17. The fourth-order valence-corrected chi connectivity index (χ4v) is 3.32. The highest BCUT2D eigenvalue weighted by atomic mass is 16.3. The van der Waals surface area contributed by atoms with Gasteiger partial charge >= 0.3 is 0 Å². The standard InChI is InChI=1S/C19H26N4O2/c1-19(25,15-8-4-2-5-9-15)14-18(24)20-12-11-17-22-21-16-10-6-3-7-13-23(16)17/h2,4-5,8-9,25H,3,6-7,10-14H2,1H3,(H,20,24). The number of benzene rings is 1. The lowest BCUT2D eigenvalue weighted by Gasteiger charge is -2.23. The molecule has 1 atom stereocenters. The van der Waals surface area contributed by atoms with E-state index >= 15 is 0 Å². The Balaban J connectivity index is 1.51. The average molecular weight is 342 g/mol. The molecule has 0 saturated carbocycles. The summed E-state index contributed by atoms with van der Waals surface area (Å²) in [7, 11) is 0. The van der Waals surface area contributed by atoms with Crippen LogP contribution in [0.3, 0.4) is 0 Å². The van der Waals surface area contributed by atoms with Crippen LogP contribution in [-0.4, -0.2) is 32.3 Å². The molecule has 0 aliphatic carbocycles. The summed E-state index contributed by atoms with van der Waals surface area (Å²) >= 11 is 0. The van der Waals surface area contributed by atoms with Gasteiger partial charge in [-0.15, -0.1) is 10.2 Å². The van der Waals surface area contributed by atoms with Crippen LogP contribution in [0.15, 0.2) is 30.3 Å². The smallest absolute Gasteiger partial charge is 0.223 e. The van der Waals surface area contributed by atoms with Crippen LogP contribution in [0.2, 0.25) is 0 Å². The van der Waals surface area contributed by atoms with E-state index in [-0.39, 0.29) is 12.3 Å². The van der Waals surface area contributed by atoms with Gasteiger partial charge in [-0.2, -0.15) is 0 Å². The second-order valence-corrected chi connectivity index (χ2v) is 6.91. The molecule has 2 heterocycles. The summed E-state index contributed by atoms with van der Waals surface area (Å²) < 4.78 is 2.19. The Kier molecular flexibility index (Phi) is 5.48. The van der Waals surface area contributed by atoms with Crippen LogP contribution in [-0.2, 0) is 29.8 Å². The first kappa shape index (κ1) is 17.6. The van der Waals surface area contributed by atoms with Gasteiger partial charge in [0.05, 0.1) is 12.0 Å². The minimum absolute atomic E-state index is 0.0367. The Labute approximate surface area is 148 Å². The van der Waals surface area contributed by atoms with Gasteiger partial charge in [-0.1, -0.05) is 36.8 Å². The van der Waals surface area contributed by atoms with Gasteiger partial charge in [0.15, 0.2) is 0 Å². The van der Waals surface area contributed by atoms with Gasteiger partial charge in [0.25, 0.3) is 0 Å². The molecular formula is C19H26N4O2. The van der Waals surface area contributed by atoms with Gasteiger partial charge < -0.3 is 15.0 Å². The molecule has 0 bridgehead atoms. The van der Waals surface area contributed by atoms with Crippen LogP contribution in [0.5, 0.6) is 0 Å². The van der Waals surface area contributed by atoms with E-state index < -0.39 is 5.60 Å². The zero-order valence-corrected chi connectivity index (χ0v) is 14.7. The number of hydrogen-bond acceptors (Lipinski definition) is 4. The van der Waals surface area contributed by atoms with Crippen molar-refractivity contribution in [2.75, 3.05) is 6.54 Å². The number of aromatic nitrogens is 3. The lowest BCUT2D eigenvalue weighted by molar-refractivity contribution is -0.125. The normalized spacial score (nSPS) is 16.6. The lowest BCUT2D eigenvalue weighted by atomic mass is 9.92. The lowest BCUT2D eigenvalue weighted by Crippen LogP contribution is -2.34. The maximum atomic E-state index is 12.2. The fourth-order valence-electron chi connectivity index (χ4n) is 3.32. The predicted octanol–water partition coefficient (Wildman–Crippen LogP) is 1.96. The minimum Gasteiger partial charge on any atom is -0.385 e. The zero-order valence-electron chi connectivity index (χ0n) is 14.7. The number of fused-ring (bicyclic) bond motifs is 1. The van der Waals surface area contributed by atoms with Gasteiger partial charge in [-0.3, -0.25) is 4.79 Å². The second-order valence-electron chi connectivity index (χ2n) is 6.91. The van der Waals surface area contributed by atoms with Crippen LogP contribution in [0.4, 0.5) is 0 Å². The van der Waals surface area contributed by atoms with Crippen molar-refractivity contribution in [2.45, 2.75) is 57.6 Å². The van der Waals surface area contributed by atoms with Crippen molar-refractivity contribution in [1.29, 1.82) is 0 Å². The van der Waals surface area contributed by atoms with Crippen LogP contribution < -0.4 is 5.32 Å². The largest absolute Gasteiger partial charge is 0.385 e. The van der Waals surface area contributed by atoms with E-state index in [1.807, 2.05) is 30.3 Å². The highest BCUT2D eigenvalue weighted by Crippen LogP contribution is 2.23. The number of rotatable bonds is 6. The summed E-state index contributed by atoms with van der Waals surface area (Å²) in [5.74, 6) is 1.84. The van der Waals surface area contributed by atoms with Crippen LogP contribution in [0, 0.1) is 0 Å². The van der Waals surface area contributed by atoms with Crippen molar-refractivity contribution in [2.24, 2.45) is 0 Å². The molecule has 1 aliphatic rings. The average Bonchev–Trinajstić information content (AvgIpc) is 2.82. The first-order chi connectivity index (χ1) is 12.1. The van der Waals surface area contributed by atoms with Crippen LogP contribution in [0.25, 0.3) is 0 Å². The summed E-state index contributed by atoms with van der Waals surface area (Å²) in [5, 5.41) is 22.0. The van der Waals surface area contributed by atoms with E-state index in [9.17, 15) is 9.90 Å². The van der Waals surface area contributed by atoms with Gasteiger partial charge in [-0.25, -0.2) is 0 Å². The molecule has 1 aromatic carbocycles. The summed E-state index contributed by atoms with van der Waals surface area (Å²) in [6, 6.07) is 9.27. The van der Waals surface area contributed by atoms with Gasteiger partial charge in [0.2, 0.25) is 5.91 Å². The second kappa shape index (κ2) is 7.78. The number of hydrogen-bond donors (Lipinski definition) is 2. The topological polar surface area (TPSA) is 80.0 Å². The summed E-state index contributed by atoms with van der Waals surface area (Å²) in [6.45, 7) is 3.14. The molecular weight excluding hydrogens is 316 g/mol. The fraction of sp³-hybridized carbons (Fsp3) is 0.526. The summed E-state index contributed by atoms with van der Waals surface area (Å²) in [5.41, 5.74) is -0.426. The molecule has 1 aromatic heterocycles. The predicted molar refractivity (Wildman–Crippen MR) is 94.9 cm³/mol. The molecule has 3 rings (SSSR count). The van der Waals surface area contributed by atoms with Crippen molar-refractivity contribution in [3.63, 3.8) is 0 Å².